The van der Waals surface area contributed by atoms with E-state index in [1.165, 1.54) is 0 Å². The van der Waals surface area contributed by atoms with Gasteiger partial charge in [0.25, 0.3) is 0 Å². The minimum absolute atomic E-state index is 0.543. The van der Waals surface area contributed by atoms with E-state index in [0.29, 0.717) is 11.7 Å². The van der Waals surface area contributed by atoms with Crippen molar-refractivity contribution in [3.05, 3.63) is 52.4 Å². The molecule has 2 N–H and O–H groups in total. The Labute approximate surface area is 125 Å². The van der Waals surface area contributed by atoms with Crippen LogP contribution in [0, 0.1) is 6.92 Å². The van der Waals surface area contributed by atoms with Crippen molar-refractivity contribution >= 4 is 39.1 Å². The summed E-state index contributed by atoms with van der Waals surface area (Å²) in [5.41, 5.74) is 2.10. The van der Waals surface area contributed by atoms with Gasteiger partial charge in [0.05, 0.1) is 0 Å². The highest BCUT2D eigenvalue weighted by Crippen LogP contribution is 2.16. The number of nitrogens with one attached hydrogen (secondary N) is 2. The number of anilines is 1. The van der Waals surface area contributed by atoms with Crippen LogP contribution >= 0.6 is 28.1 Å². The fraction of sp³-hybridized carbons (Fsp3) is 0.154. The summed E-state index contributed by atoms with van der Waals surface area (Å²) in [5, 5.41) is 6.74. The standard InChI is InChI=1S/C13H13BrN4S/c1-9-5-11(14)8-16-12(9)18-13(19)17-7-10-3-2-4-15-6-10/h2-6,8H,7H2,1H3,(H2,16,17,18,19). The monoisotopic (exact) mass is 336 g/mol. The fourth-order valence-electron chi connectivity index (χ4n) is 1.51. The van der Waals surface area contributed by atoms with Crippen molar-refractivity contribution in [2.75, 3.05) is 5.32 Å². The molecule has 2 rings (SSSR count). The molecule has 98 valence electrons. The van der Waals surface area contributed by atoms with E-state index >= 15 is 0 Å². The molecule has 0 bridgehead atoms. The fourth-order valence-corrected chi connectivity index (χ4v) is 2.12. The van der Waals surface area contributed by atoms with Crippen LogP contribution in [0.5, 0.6) is 0 Å². The molecule has 6 heteroatoms. The minimum atomic E-state index is 0.543. The molecule has 0 saturated heterocycles. The zero-order chi connectivity index (χ0) is 13.7. The SMILES string of the molecule is Cc1cc(Br)cnc1NC(=S)NCc1cccnc1. The van der Waals surface area contributed by atoms with Gasteiger partial charge in [-0.15, -0.1) is 0 Å². The summed E-state index contributed by atoms with van der Waals surface area (Å²) in [7, 11) is 0. The predicted octanol–water partition coefficient (Wildman–Crippen LogP) is 3.03. The number of thiocarbonyl (C=S) groups is 1. The van der Waals surface area contributed by atoms with Gasteiger partial charge in [-0.25, -0.2) is 4.98 Å². The van der Waals surface area contributed by atoms with Crippen molar-refractivity contribution in [3.8, 4) is 0 Å². The third-order valence-corrected chi connectivity index (χ3v) is 3.13. The molecule has 2 aromatic heterocycles. The quantitative estimate of drug-likeness (QED) is 0.843. The summed E-state index contributed by atoms with van der Waals surface area (Å²) in [6.45, 7) is 2.61. The first-order valence-corrected chi connectivity index (χ1v) is 6.91. The number of aryl methyl sites for hydroxylation is 1. The van der Waals surface area contributed by atoms with Gasteiger partial charge < -0.3 is 10.6 Å². The molecule has 0 atom stereocenters. The number of hydrogen-bond acceptors (Lipinski definition) is 3. The van der Waals surface area contributed by atoms with Crippen LogP contribution in [0.4, 0.5) is 5.82 Å². The third-order valence-electron chi connectivity index (χ3n) is 2.45. The molecule has 0 spiro atoms. The zero-order valence-electron chi connectivity index (χ0n) is 10.4. The second-order valence-corrected chi connectivity index (χ2v) is 5.31. The molecule has 0 aliphatic heterocycles. The van der Waals surface area contributed by atoms with Gasteiger partial charge in [0, 0.05) is 29.6 Å². The Morgan fingerprint density at radius 3 is 2.95 bits per heavy atom. The maximum absolute atomic E-state index is 5.23. The van der Waals surface area contributed by atoms with Crippen molar-refractivity contribution in [2.45, 2.75) is 13.5 Å². The first-order chi connectivity index (χ1) is 9.15. The summed E-state index contributed by atoms with van der Waals surface area (Å²) in [6.07, 6.45) is 5.28. The van der Waals surface area contributed by atoms with Crippen LogP contribution in [0.2, 0.25) is 0 Å². The lowest BCUT2D eigenvalue weighted by Gasteiger charge is -2.11. The molecule has 0 aliphatic carbocycles. The maximum atomic E-state index is 5.23. The first-order valence-electron chi connectivity index (χ1n) is 5.71. The minimum Gasteiger partial charge on any atom is -0.358 e. The number of aromatic nitrogens is 2. The van der Waals surface area contributed by atoms with Crippen molar-refractivity contribution in [1.82, 2.24) is 15.3 Å². The number of hydrogen-bond donors (Lipinski definition) is 2. The molecule has 4 nitrogen and oxygen atoms in total. The van der Waals surface area contributed by atoms with E-state index in [1.807, 2.05) is 25.1 Å². The number of pyridine rings is 2. The molecular weight excluding hydrogens is 324 g/mol. The molecule has 0 amide bonds. The van der Waals surface area contributed by atoms with Gasteiger partial charge in [-0.05, 0) is 58.3 Å². The molecule has 0 fully saturated rings. The van der Waals surface area contributed by atoms with Crippen molar-refractivity contribution in [1.29, 1.82) is 0 Å². The molecule has 19 heavy (non-hydrogen) atoms. The summed E-state index contributed by atoms with van der Waals surface area (Å²) in [5.74, 6) is 0.756. The third kappa shape index (κ3) is 4.25. The molecule has 0 aliphatic rings. The molecule has 0 aromatic carbocycles. The molecule has 0 saturated carbocycles. The Morgan fingerprint density at radius 2 is 2.26 bits per heavy atom. The van der Waals surface area contributed by atoms with Crippen LogP contribution in [-0.4, -0.2) is 15.1 Å². The van der Waals surface area contributed by atoms with Crippen molar-refractivity contribution < 1.29 is 0 Å². The van der Waals surface area contributed by atoms with Gasteiger partial charge >= 0.3 is 0 Å². The van der Waals surface area contributed by atoms with E-state index in [9.17, 15) is 0 Å². The van der Waals surface area contributed by atoms with Gasteiger partial charge in [-0.3, -0.25) is 4.98 Å². The highest BCUT2D eigenvalue weighted by atomic mass is 79.9. The topological polar surface area (TPSA) is 49.8 Å². The number of halogens is 1. The largest absolute Gasteiger partial charge is 0.358 e. The lowest BCUT2D eigenvalue weighted by Crippen LogP contribution is -2.28. The molecular formula is C13H13BrN4S. The van der Waals surface area contributed by atoms with E-state index < -0.39 is 0 Å². The van der Waals surface area contributed by atoms with Gasteiger partial charge in [0.2, 0.25) is 0 Å². The van der Waals surface area contributed by atoms with E-state index in [2.05, 4.69) is 36.5 Å². The number of rotatable bonds is 3. The van der Waals surface area contributed by atoms with Crippen LogP contribution < -0.4 is 10.6 Å². The van der Waals surface area contributed by atoms with Crippen LogP contribution in [0.25, 0.3) is 0 Å². The Kier molecular flexibility index (Phi) is 4.81. The molecule has 0 radical (unpaired) electrons. The summed E-state index contributed by atoms with van der Waals surface area (Å²) in [6, 6.07) is 5.87. The van der Waals surface area contributed by atoms with Gasteiger partial charge in [-0.1, -0.05) is 6.07 Å². The Bertz CT molecular complexity index is 574. The smallest absolute Gasteiger partial charge is 0.172 e. The van der Waals surface area contributed by atoms with Crippen LogP contribution in [-0.2, 0) is 6.54 Å². The lowest BCUT2D eigenvalue weighted by atomic mass is 10.3. The molecule has 2 heterocycles. The van der Waals surface area contributed by atoms with Crippen LogP contribution in [0.15, 0.2) is 41.3 Å². The maximum Gasteiger partial charge on any atom is 0.172 e. The number of nitrogens with zero attached hydrogens (tertiary/aromatic N) is 2. The summed E-state index contributed by atoms with van der Waals surface area (Å²) in [4.78, 5) is 8.32. The Hall–Kier alpha value is -1.53. The Balaban J connectivity index is 1.91. The summed E-state index contributed by atoms with van der Waals surface area (Å²) >= 11 is 8.61. The van der Waals surface area contributed by atoms with Gasteiger partial charge in [-0.2, -0.15) is 0 Å². The Morgan fingerprint density at radius 1 is 1.42 bits per heavy atom. The lowest BCUT2D eigenvalue weighted by molar-refractivity contribution is 0.915. The average Bonchev–Trinajstić information content (AvgIpc) is 2.41. The predicted molar refractivity (Wildman–Crippen MR) is 84.0 cm³/mol. The first kappa shape index (κ1) is 13.9. The highest BCUT2D eigenvalue weighted by molar-refractivity contribution is 9.10. The van der Waals surface area contributed by atoms with E-state index in [4.69, 9.17) is 12.2 Å². The van der Waals surface area contributed by atoms with E-state index in [1.54, 1.807) is 18.6 Å². The molecule has 0 unspecified atom stereocenters. The highest BCUT2D eigenvalue weighted by Gasteiger charge is 2.03. The summed E-state index contributed by atoms with van der Waals surface area (Å²) < 4.78 is 0.949. The van der Waals surface area contributed by atoms with Crippen molar-refractivity contribution in [2.24, 2.45) is 0 Å². The second-order valence-electron chi connectivity index (χ2n) is 3.99. The van der Waals surface area contributed by atoms with Crippen LogP contribution in [0.3, 0.4) is 0 Å². The van der Waals surface area contributed by atoms with Gasteiger partial charge in [0.15, 0.2) is 5.11 Å². The average molecular weight is 337 g/mol. The van der Waals surface area contributed by atoms with E-state index in [-0.39, 0.29) is 0 Å². The zero-order valence-corrected chi connectivity index (χ0v) is 12.8. The normalized spacial score (nSPS) is 10.0. The van der Waals surface area contributed by atoms with E-state index in [0.717, 1.165) is 21.4 Å². The second kappa shape index (κ2) is 6.58. The molecule has 2 aromatic rings. The van der Waals surface area contributed by atoms with Crippen LogP contribution in [0.1, 0.15) is 11.1 Å². The van der Waals surface area contributed by atoms with Crippen molar-refractivity contribution in [3.63, 3.8) is 0 Å². The van der Waals surface area contributed by atoms with Gasteiger partial charge in [0.1, 0.15) is 5.82 Å².